The highest BCUT2D eigenvalue weighted by molar-refractivity contribution is 6.21. The maximum absolute atomic E-state index is 13.3. The minimum atomic E-state index is -4.51. The summed E-state index contributed by atoms with van der Waals surface area (Å²) >= 11 is 5.73. The van der Waals surface area contributed by atoms with Crippen molar-refractivity contribution in [2.24, 2.45) is 5.92 Å². The molecular weight excluding hydrogens is 288 g/mol. The normalized spacial score (nSPS) is 41.1. The van der Waals surface area contributed by atoms with Crippen molar-refractivity contribution in [3.8, 4) is 0 Å². The first-order chi connectivity index (χ1) is 8.82. The van der Waals surface area contributed by atoms with Gasteiger partial charge >= 0.3 is 6.18 Å². The lowest BCUT2D eigenvalue weighted by Crippen LogP contribution is -2.41. The van der Waals surface area contributed by atoms with Crippen LogP contribution in [0.4, 0.5) is 17.6 Å². The minimum Gasteiger partial charge on any atom is -0.372 e. The zero-order valence-corrected chi connectivity index (χ0v) is 11.3. The van der Waals surface area contributed by atoms with E-state index in [0.29, 0.717) is 12.8 Å². The van der Waals surface area contributed by atoms with Gasteiger partial charge in [-0.2, -0.15) is 13.2 Å². The van der Waals surface area contributed by atoms with E-state index in [1.165, 1.54) is 0 Å². The van der Waals surface area contributed by atoms with E-state index < -0.39 is 29.9 Å². The third kappa shape index (κ3) is 3.73. The highest BCUT2D eigenvalue weighted by Crippen LogP contribution is 2.41. The molecule has 0 aromatic carbocycles. The number of ether oxygens (including phenoxy) is 2. The van der Waals surface area contributed by atoms with Gasteiger partial charge in [-0.05, 0) is 25.7 Å². The van der Waals surface area contributed by atoms with Crippen LogP contribution in [0.2, 0.25) is 0 Å². The molecule has 1 saturated carbocycles. The predicted octanol–water partition coefficient (Wildman–Crippen LogP) is 3.81. The molecule has 6 unspecified atom stereocenters. The molecule has 1 aliphatic carbocycles. The van der Waals surface area contributed by atoms with Gasteiger partial charge in [-0.3, -0.25) is 0 Å². The van der Waals surface area contributed by atoms with Gasteiger partial charge in [0, 0.05) is 0 Å². The molecule has 0 radical (unpaired) electrons. The van der Waals surface area contributed by atoms with Crippen molar-refractivity contribution in [3.63, 3.8) is 0 Å². The van der Waals surface area contributed by atoms with E-state index in [1.54, 1.807) is 0 Å². The van der Waals surface area contributed by atoms with Crippen LogP contribution in [0, 0.1) is 5.92 Å². The van der Waals surface area contributed by atoms with Gasteiger partial charge in [0.15, 0.2) is 5.56 Å². The van der Waals surface area contributed by atoms with Crippen LogP contribution in [0.25, 0.3) is 0 Å². The van der Waals surface area contributed by atoms with Gasteiger partial charge in [-0.1, -0.05) is 18.5 Å². The van der Waals surface area contributed by atoms with Gasteiger partial charge in [0.2, 0.25) is 0 Å². The average Bonchev–Trinajstić information content (AvgIpc) is 3.03. The summed E-state index contributed by atoms with van der Waals surface area (Å²) in [4.78, 5) is 0. The first-order valence-corrected chi connectivity index (χ1v) is 6.92. The third-order valence-corrected chi connectivity index (χ3v) is 4.09. The molecule has 0 spiro atoms. The lowest BCUT2D eigenvalue weighted by Gasteiger charge is -2.34. The van der Waals surface area contributed by atoms with Crippen LogP contribution in [0.15, 0.2) is 0 Å². The molecule has 0 aromatic rings. The van der Waals surface area contributed by atoms with Crippen molar-refractivity contribution in [1.82, 2.24) is 0 Å². The van der Waals surface area contributed by atoms with Gasteiger partial charge in [0.25, 0.3) is 0 Å². The summed E-state index contributed by atoms with van der Waals surface area (Å²) in [5.41, 5.74) is -0.416. The lowest BCUT2D eigenvalue weighted by molar-refractivity contribution is -0.212. The average molecular weight is 305 g/mol. The van der Waals surface area contributed by atoms with Crippen molar-refractivity contribution in [2.45, 2.75) is 68.8 Å². The zero-order valence-electron chi connectivity index (χ0n) is 10.5. The molecular formula is C12H17ClF4O2. The summed E-state index contributed by atoms with van der Waals surface area (Å²) in [7, 11) is 0. The van der Waals surface area contributed by atoms with Gasteiger partial charge in [0.05, 0.1) is 18.1 Å². The van der Waals surface area contributed by atoms with Gasteiger partial charge in [0.1, 0.15) is 12.3 Å². The molecule has 1 heterocycles. The number of alkyl halides is 5. The fraction of sp³-hybridized carbons (Fsp3) is 1.00. The van der Waals surface area contributed by atoms with Crippen molar-refractivity contribution in [2.75, 3.05) is 0 Å². The summed E-state index contributed by atoms with van der Waals surface area (Å²) in [6.07, 6.45) is -6.97. The molecule has 2 aliphatic rings. The maximum atomic E-state index is 13.3. The highest BCUT2D eigenvalue weighted by Gasteiger charge is 2.50. The van der Waals surface area contributed by atoms with Crippen LogP contribution in [0.3, 0.4) is 0 Å². The Bertz CT molecular complexity index is 313. The Hall–Kier alpha value is -0.0700. The molecule has 2 fully saturated rings. The monoisotopic (exact) mass is 304 g/mol. The van der Waals surface area contributed by atoms with E-state index in [1.807, 2.05) is 6.92 Å². The van der Waals surface area contributed by atoms with E-state index >= 15 is 0 Å². The standard InChI is InChI=1S/C12H17ClF4O2/c1-2-9(10-11(13)19-10)18-6-3-4-8(14)7(5-6)12(15,16)17/h6-11H,2-5H2,1H3. The van der Waals surface area contributed by atoms with E-state index in [-0.39, 0.29) is 25.0 Å². The number of epoxide rings is 1. The SMILES string of the molecule is CCC(OC1CCC(F)C(C(F)(F)F)C1)C1OC1Cl. The smallest absolute Gasteiger partial charge is 0.372 e. The summed E-state index contributed by atoms with van der Waals surface area (Å²) in [5, 5.41) is 0. The molecule has 1 aliphatic heterocycles. The van der Waals surface area contributed by atoms with Crippen LogP contribution >= 0.6 is 11.6 Å². The summed E-state index contributed by atoms with van der Waals surface area (Å²) < 4.78 is 62.1. The molecule has 0 N–H and O–H groups in total. The number of halogens is 5. The fourth-order valence-corrected chi connectivity index (χ4v) is 2.85. The van der Waals surface area contributed by atoms with Crippen molar-refractivity contribution in [1.29, 1.82) is 0 Å². The first-order valence-electron chi connectivity index (χ1n) is 6.48. The summed E-state index contributed by atoms with van der Waals surface area (Å²) in [6.45, 7) is 1.86. The molecule has 0 bridgehead atoms. The van der Waals surface area contributed by atoms with Crippen LogP contribution < -0.4 is 0 Å². The Labute approximate surface area is 114 Å². The number of hydrogen-bond acceptors (Lipinski definition) is 2. The maximum Gasteiger partial charge on any atom is 0.394 e. The van der Waals surface area contributed by atoms with E-state index in [4.69, 9.17) is 21.1 Å². The van der Waals surface area contributed by atoms with Crippen molar-refractivity contribution < 1.29 is 27.0 Å². The highest BCUT2D eigenvalue weighted by atomic mass is 35.5. The number of hydrogen-bond donors (Lipinski definition) is 0. The molecule has 19 heavy (non-hydrogen) atoms. The molecule has 1 saturated heterocycles. The van der Waals surface area contributed by atoms with E-state index in [0.717, 1.165) is 0 Å². The Kier molecular flexibility index (Phi) is 4.63. The van der Waals surface area contributed by atoms with Crippen molar-refractivity contribution >= 4 is 11.6 Å². The summed E-state index contributed by atoms with van der Waals surface area (Å²) in [6, 6.07) is 0. The molecule has 112 valence electrons. The van der Waals surface area contributed by atoms with E-state index in [2.05, 4.69) is 0 Å². The predicted molar refractivity (Wildman–Crippen MR) is 61.8 cm³/mol. The van der Waals surface area contributed by atoms with Gasteiger partial charge in [-0.25, -0.2) is 4.39 Å². The molecule has 0 amide bonds. The van der Waals surface area contributed by atoms with Crippen LogP contribution in [0.5, 0.6) is 0 Å². The van der Waals surface area contributed by atoms with Crippen LogP contribution in [-0.4, -0.2) is 36.2 Å². The summed E-state index contributed by atoms with van der Waals surface area (Å²) in [5.74, 6) is -1.92. The quantitative estimate of drug-likeness (QED) is 0.447. The zero-order chi connectivity index (χ0) is 14.2. The minimum absolute atomic E-state index is 0.110. The second kappa shape index (κ2) is 5.74. The topological polar surface area (TPSA) is 21.8 Å². The molecule has 2 nitrogen and oxygen atoms in total. The molecule has 6 atom stereocenters. The van der Waals surface area contributed by atoms with Crippen molar-refractivity contribution in [3.05, 3.63) is 0 Å². The number of rotatable bonds is 4. The van der Waals surface area contributed by atoms with Crippen LogP contribution in [-0.2, 0) is 9.47 Å². The second-order valence-corrected chi connectivity index (χ2v) is 5.56. The Morgan fingerprint density at radius 1 is 1.37 bits per heavy atom. The second-order valence-electron chi connectivity index (χ2n) is 5.13. The van der Waals surface area contributed by atoms with E-state index in [9.17, 15) is 17.6 Å². The van der Waals surface area contributed by atoms with Crippen LogP contribution in [0.1, 0.15) is 32.6 Å². The fourth-order valence-electron chi connectivity index (χ4n) is 2.57. The Morgan fingerprint density at radius 3 is 2.47 bits per heavy atom. The van der Waals surface area contributed by atoms with Gasteiger partial charge in [-0.15, -0.1) is 0 Å². The first kappa shape index (κ1) is 15.3. The lowest BCUT2D eigenvalue weighted by atomic mass is 9.85. The largest absolute Gasteiger partial charge is 0.394 e. The Morgan fingerprint density at radius 2 is 2.00 bits per heavy atom. The molecule has 2 rings (SSSR count). The third-order valence-electron chi connectivity index (χ3n) is 3.74. The molecule has 7 heteroatoms. The Balaban J connectivity index is 1.90. The van der Waals surface area contributed by atoms with Gasteiger partial charge < -0.3 is 9.47 Å². The molecule has 0 aromatic heterocycles.